The third-order valence-corrected chi connectivity index (χ3v) is 8.07. The summed E-state index contributed by atoms with van der Waals surface area (Å²) < 4.78 is 29.9. The van der Waals surface area contributed by atoms with E-state index >= 15 is 0 Å². The van der Waals surface area contributed by atoms with Crippen LogP contribution in [0.3, 0.4) is 0 Å². The van der Waals surface area contributed by atoms with E-state index in [9.17, 15) is 0 Å². The lowest BCUT2D eigenvalue weighted by Crippen LogP contribution is -2.26. The van der Waals surface area contributed by atoms with Crippen molar-refractivity contribution < 1.29 is 23.5 Å². The van der Waals surface area contributed by atoms with Crippen LogP contribution in [0.15, 0.2) is 54.6 Å². The van der Waals surface area contributed by atoms with E-state index in [0.29, 0.717) is 27.3 Å². The van der Waals surface area contributed by atoms with Crippen molar-refractivity contribution in [1.82, 2.24) is 0 Å². The van der Waals surface area contributed by atoms with Crippen LogP contribution in [-0.2, 0) is 20.3 Å². The van der Waals surface area contributed by atoms with Gasteiger partial charge in [0.1, 0.15) is 17.2 Å². The Kier molecular flexibility index (Phi) is 10.4. The van der Waals surface area contributed by atoms with Gasteiger partial charge in [-0.15, -0.1) is 0 Å². The molecule has 0 N–H and O–H groups in total. The van der Waals surface area contributed by atoms with Gasteiger partial charge < -0.3 is 23.5 Å². The minimum Gasteiger partial charge on any atom is -0.466 e. The summed E-state index contributed by atoms with van der Waals surface area (Å²) in [5.74, 6) is 2.03. The minimum atomic E-state index is -1.59. The van der Waals surface area contributed by atoms with Gasteiger partial charge in [-0.1, -0.05) is 82.9 Å². The molecule has 0 aliphatic heterocycles. The van der Waals surface area contributed by atoms with Gasteiger partial charge in [0.2, 0.25) is 0 Å². The van der Waals surface area contributed by atoms with Crippen LogP contribution >= 0.6 is 31.4 Å². The van der Waals surface area contributed by atoms with E-state index in [1.807, 2.05) is 54.6 Å². The molecule has 0 saturated heterocycles. The molecule has 0 spiro atoms. The molecule has 3 aromatic carbocycles. The summed E-state index contributed by atoms with van der Waals surface area (Å²) in [6.07, 6.45) is 0. The van der Waals surface area contributed by atoms with Crippen molar-refractivity contribution in [2.24, 2.45) is 0 Å². The van der Waals surface area contributed by atoms with Crippen molar-refractivity contribution in [3.63, 3.8) is 0 Å². The van der Waals surface area contributed by atoms with E-state index in [1.54, 1.807) is 14.2 Å². The molecular formula is C30H37Cl2O5P. The van der Waals surface area contributed by atoms with Gasteiger partial charge in [-0.3, -0.25) is 0 Å². The monoisotopic (exact) mass is 578 g/mol. The first-order valence-corrected chi connectivity index (χ1v) is 14.3. The number of ether oxygens (including phenoxy) is 4. The van der Waals surface area contributed by atoms with Crippen molar-refractivity contribution in [3.8, 4) is 17.2 Å². The van der Waals surface area contributed by atoms with Crippen LogP contribution in [0, 0.1) is 0 Å². The molecule has 3 aromatic rings. The minimum absolute atomic E-state index is 0.0715. The van der Waals surface area contributed by atoms with E-state index < -0.39 is 8.15 Å². The molecule has 0 aliphatic carbocycles. The molecular weight excluding hydrogens is 542 g/mol. The normalized spacial score (nSPS) is 12.1. The first-order valence-electron chi connectivity index (χ1n) is 12.3. The van der Waals surface area contributed by atoms with E-state index in [2.05, 4.69) is 41.5 Å². The lowest BCUT2D eigenvalue weighted by Gasteiger charge is -2.31. The van der Waals surface area contributed by atoms with Crippen LogP contribution in [-0.4, -0.2) is 27.8 Å². The van der Waals surface area contributed by atoms with Crippen LogP contribution in [0.5, 0.6) is 17.2 Å². The molecule has 8 heteroatoms. The van der Waals surface area contributed by atoms with Crippen LogP contribution < -0.4 is 24.6 Å². The Morgan fingerprint density at radius 1 is 0.658 bits per heavy atom. The number of para-hydroxylation sites is 1. The SMILES string of the molecule is COCOc1c(P(Oc2ccccc2)c2cc(Cl)cc(C(C)(C)C)c2OCOC)cc(Cl)cc1C(C)(C)C. The Balaban J connectivity index is 2.41. The van der Waals surface area contributed by atoms with E-state index in [1.165, 1.54) is 0 Å². The summed E-state index contributed by atoms with van der Waals surface area (Å²) in [5.41, 5.74) is 1.35. The standard InChI is InChI=1S/C30H37Cl2O5P/c1-29(2,3)23-14-20(31)16-25(27(23)35-18-33-7)38(37-22-12-10-9-11-13-22)26-17-21(32)15-24(30(4,5)6)28(26)36-19-34-8/h9-17H,18-19H2,1-8H3. The van der Waals surface area contributed by atoms with E-state index in [4.69, 9.17) is 46.7 Å². The number of hydrogen-bond acceptors (Lipinski definition) is 5. The van der Waals surface area contributed by atoms with Gasteiger partial charge in [-0.05, 0) is 47.2 Å². The predicted molar refractivity (Wildman–Crippen MR) is 159 cm³/mol. The number of benzene rings is 3. The summed E-state index contributed by atoms with van der Waals surface area (Å²) in [7, 11) is 1.60. The first-order chi connectivity index (χ1) is 17.9. The van der Waals surface area contributed by atoms with Gasteiger partial charge in [-0.25, -0.2) is 0 Å². The molecule has 0 heterocycles. The van der Waals surface area contributed by atoms with Crippen molar-refractivity contribution in [2.75, 3.05) is 27.8 Å². The molecule has 0 unspecified atom stereocenters. The quantitative estimate of drug-likeness (QED) is 0.180. The van der Waals surface area contributed by atoms with Gasteiger partial charge in [0.05, 0.1) is 10.6 Å². The summed E-state index contributed by atoms with van der Waals surface area (Å²) >= 11 is 13.5. The topological polar surface area (TPSA) is 46.2 Å². The maximum absolute atomic E-state index is 6.78. The zero-order valence-electron chi connectivity index (χ0n) is 23.4. The van der Waals surface area contributed by atoms with Crippen LogP contribution in [0.1, 0.15) is 52.7 Å². The Bertz CT molecular complexity index is 1140. The molecule has 0 bridgehead atoms. The zero-order valence-corrected chi connectivity index (χ0v) is 25.8. The largest absolute Gasteiger partial charge is 0.466 e. The fourth-order valence-corrected chi connectivity index (χ4v) is 6.56. The first kappa shape index (κ1) is 30.5. The van der Waals surface area contributed by atoms with Gasteiger partial charge in [0.15, 0.2) is 21.7 Å². The van der Waals surface area contributed by atoms with Crippen molar-refractivity contribution in [1.29, 1.82) is 0 Å². The number of halogens is 2. The van der Waals surface area contributed by atoms with Crippen LogP contribution in [0.4, 0.5) is 0 Å². The maximum atomic E-state index is 6.78. The predicted octanol–water partition coefficient (Wildman–Crippen LogP) is 7.98. The van der Waals surface area contributed by atoms with Gasteiger partial charge in [0, 0.05) is 35.4 Å². The highest BCUT2D eigenvalue weighted by Gasteiger charge is 2.33. The van der Waals surface area contributed by atoms with Gasteiger partial charge >= 0.3 is 0 Å². The fourth-order valence-electron chi connectivity index (χ4n) is 3.93. The second kappa shape index (κ2) is 12.9. The highest BCUT2D eigenvalue weighted by molar-refractivity contribution is 7.69. The third kappa shape index (κ3) is 7.55. The van der Waals surface area contributed by atoms with Crippen LogP contribution in [0.2, 0.25) is 10.0 Å². The molecule has 0 fully saturated rings. The Morgan fingerprint density at radius 3 is 1.45 bits per heavy atom. The molecule has 5 nitrogen and oxygen atoms in total. The molecule has 0 atom stereocenters. The lowest BCUT2D eigenvalue weighted by atomic mass is 9.86. The Labute approximate surface area is 238 Å². The second-order valence-corrected chi connectivity index (χ2v) is 13.5. The van der Waals surface area contributed by atoms with E-state index in [-0.39, 0.29) is 24.4 Å². The number of rotatable bonds is 10. The third-order valence-electron chi connectivity index (χ3n) is 5.70. The zero-order chi connectivity index (χ0) is 28.1. The number of methoxy groups -OCH3 is 2. The van der Waals surface area contributed by atoms with Gasteiger partial charge in [-0.2, -0.15) is 0 Å². The van der Waals surface area contributed by atoms with Crippen LogP contribution in [0.25, 0.3) is 0 Å². The molecule has 0 aromatic heterocycles. The molecule has 0 aliphatic rings. The fraction of sp³-hybridized carbons (Fsp3) is 0.400. The second-order valence-electron chi connectivity index (χ2n) is 10.9. The molecule has 0 radical (unpaired) electrons. The smallest absolute Gasteiger partial charge is 0.188 e. The molecule has 206 valence electrons. The molecule has 3 rings (SSSR count). The highest BCUT2D eigenvalue weighted by Crippen LogP contribution is 2.48. The van der Waals surface area contributed by atoms with E-state index in [0.717, 1.165) is 21.7 Å². The maximum Gasteiger partial charge on any atom is 0.188 e. The summed E-state index contributed by atoms with van der Waals surface area (Å²) in [6, 6.07) is 17.3. The van der Waals surface area contributed by atoms with Gasteiger partial charge in [0.25, 0.3) is 0 Å². The Morgan fingerprint density at radius 2 is 1.08 bits per heavy atom. The average molecular weight is 580 g/mol. The molecule has 0 saturated carbocycles. The molecule has 0 amide bonds. The summed E-state index contributed by atoms with van der Waals surface area (Å²) in [5, 5.41) is 2.75. The lowest BCUT2D eigenvalue weighted by molar-refractivity contribution is 0.0505. The highest BCUT2D eigenvalue weighted by atomic mass is 35.5. The van der Waals surface area contributed by atoms with Crippen molar-refractivity contribution in [2.45, 2.75) is 52.4 Å². The summed E-state index contributed by atoms with van der Waals surface area (Å²) in [4.78, 5) is 0. The number of hydrogen-bond donors (Lipinski definition) is 0. The molecule has 38 heavy (non-hydrogen) atoms. The average Bonchev–Trinajstić information content (AvgIpc) is 2.84. The Hall–Kier alpha value is -2.01. The summed E-state index contributed by atoms with van der Waals surface area (Å²) in [6.45, 7) is 12.8. The van der Waals surface area contributed by atoms with Crippen molar-refractivity contribution >= 4 is 42.0 Å². The van der Waals surface area contributed by atoms with Crippen molar-refractivity contribution in [3.05, 3.63) is 75.8 Å².